The Morgan fingerprint density at radius 2 is 1.62 bits per heavy atom. The van der Waals surface area contributed by atoms with E-state index in [-0.39, 0.29) is 18.3 Å². The summed E-state index contributed by atoms with van der Waals surface area (Å²) in [6.07, 6.45) is 0. The minimum atomic E-state index is -0.311. The number of hydrogen-bond acceptors (Lipinski definition) is 4. The first-order chi connectivity index (χ1) is 15.6. The lowest BCUT2D eigenvalue weighted by Crippen LogP contribution is -2.46. The predicted molar refractivity (Wildman–Crippen MR) is 124 cm³/mol. The monoisotopic (exact) mass is 433 g/mol. The number of rotatable bonds is 7. The van der Waals surface area contributed by atoms with Crippen molar-refractivity contribution in [1.29, 1.82) is 0 Å². The van der Waals surface area contributed by atoms with Gasteiger partial charge in [0.15, 0.2) is 0 Å². The largest absolute Gasteiger partial charge is 0.495 e. The maximum absolute atomic E-state index is 13.7. The zero-order valence-corrected chi connectivity index (χ0v) is 18.3. The second kappa shape index (κ2) is 10.3. The van der Waals surface area contributed by atoms with Gasteiger partial charge in [-0.15, -0.1) is 0 Å². The van der Waals surface area contributed by atoms with Crippen LogP contribution in [0.15, 0.2) is 72.8 Å². The van der Waals surface area contributed by atoms with E-state index in [1.807, 2.05) is 42.5 Å². The number of amides is 1. The molecule has 1 aliphatic rings. The number of benzene rings is 3. The highest BCUT2D eigenvalue weighted by Gasteiger charge is 2.19. The zero-order valence-electron chi connectivity index (χ0n) is 18.3. The molecule has 4 rings (SSSR count). The maximum Gasteiger partial charge on any atom is 0.251 e. The van der Waals surface area contributed by atoms with Gasteiger partial charge in [0.25, 0.3) is 5.91 Å². The summed E-state index contributed by atoms with van der Waals surface area (Å²) in [4.78, 5) is 17.2. The summed E-state index contributed by atoms with van der Waals surface area (Å²) in [6, 6.07) is 22.2. The number of nitrogens with zero attached hydrogens (tertiary/aromatic N) is 2. The molecule has 1 heterocycles. The summed E-state index contributed by atoms with van der Waals surface area (Å²) in [6.45, 7) is 4.82. The van der Waals surface area contributed by atoms with Gasteiger partial charge in [0.05, 0.1) is 12.8 Å². The van der Waals surface area contributed by atoms with Gasteiger partial charge in [0.2, 0.25) is 0 Å². The molecule has 1 N–H and O–H groups in total. The molecule has 6 heteroatoms. The van der Waals surface area contributed by atoms with Crippen molar-refractivity contribution in [3.8, 4) is 5.75 Å². The van der Waals surface area contributed by atoms with Gasteiger partial charge in [-0.2, -0.15) is 0 Å². The molecule has 0 aliphatic carbocycles. The third kappa shape index (κ3) is 5.26. The highest BCUT2D eigenvalue weighted by Crippen LogP contribution is 2.28. The molecule has 5 nitrogen and oxygen atoms in total. The van der Waals surface area contributed by atoms with Gasteiger partial charge in [0.1, 0.15) is 11.6 Å². The number of nitrogens with one attached hydrogen (secondary N) is 1. The summed E-state index contributed by atoms with van der Waals surface area (Å²) in [7, 11) is 1.71. The summed E-state index contributed by atoms with van der Waals surface area (Å²) in [5.41, 5.74) is 3.36. The van der Waals surface area contributed by atoms with Crippen molar-refractivity contribution in [2.75, 3.05) is 38.2 Å². The van der Waals surface area contributed by atoms with E-state index >= 15 is 0 Å². The standard InChI is InChI=1S/C26H28FN3O2/c1-32-25-9-5-4-8-24(25)30-16-14-29(15-17-30)19-20-10-12-21(13-11-20)26(31)28-18-22-6-2-3-7-23(22)27/h2-13H,14-19H2,1H3,(H,28,31). The topological polar surface area (TPSA) is 44.8 Å². The van der Waals surface area contributed by atoms with Crippen LogP contribution in [0.25, 0.3) is 0 Å². The Labute approximate surface area is 188 Å². The summed E-state index contributed by atoms with van der Waals surface area (Å²) in [5, 5.41) is 2.78. The normalized spacial score (nSPS) is 14.2. The minimum Gasteiger partial charge on any atom is -0.495 e. The molecule has 0 atom stereocenters. The van der Waals surface area contributed by atoms with E-state index in [9.17, 15) is 9.18 Å². The summed E-state index contributed by atoms with van der Waals surface area (Å²) >= 11 is 0. The van der Waals surface area contributed by atoms with Gasteiger partial charge in [-0.05, 0) is 35.9 Å². The van der Waals surface area contributed by atoms with Crippen LogP contribution in [-0.4, -0.2) is 44.1 Å². The molecule has 1 aliphatic heterocycles. The van der Waals surface area contributed by atoms with Gasteiger partial charge in [-0.25, -0.2) is 4.39 Å². The molecule has 3 aromatic carbocycles. The average Bonchev–Trinajstić information content (AvgIpc) is 2.84. The third-order valence-electron chi connectivity index (χ3n) is 5.82. The number of hydrogen-bond donors (Lipinski definition) is 1. The molecule has 32 heavy (non-hydrogen) atoms. The Kier molecular flexibility index (Phi) is 7.02. The molecule has 166 valence electrons. The van der Waals surface area contributed by atoms with E-state index < -0.39 is 0 Å². The van der Waals surface area contributed by atoms with E-state index in [1.54, 1.807) is 25.3 Å². The van der Waals surface area contributed by atoms with Crippen LogP contribution < -0.4 is 15.0 Å². The lowest BCUT2D eigenvalue weighted by molar-refractivity contribution is 0.0950. The van der Waals surface area contributed by atoms with E-state index in [0.29, 0.717) is 11.1 Å². The van der Waals surface area contributed by atoms with Crippen molar-refractivity contribution < 1.29 is 13.9 Å². The Bertz CT molecular complexity index is 1050. The highest BCUT2D eigenvalue weighted by atomic mass is 19.1. The van der Waals surface area contributed by atoms with Crippen LogP contribution in [0.2, 0.25) is 0 Å². The molecular weight excluding hydrogens is 405 g/mol. The zero-order chi connectivity index (χ0) is 22.3. The number of halogens is 1. The average molecular weight is 434 g/mol. The van der Waals surface area contributed by atoms with Crippen molar-refractivity contribution in [2.24, 2.45) is 0 Å². The molecule has 1 saturated heterocycles. The van der Waals surface area contributed by atoms with Gasteiger partial charge < -0.3 is 15.0 Å². The first-order valence-corrected chi connectivity index (χ1v) is 10.8. The van der Waals surface area contributed by atoms with Crippen LogP contribution in [0.1, 0.15) is 21.5 Å². The minimum absolute atomic E-state index is 0.170. The predicted octanol–water partition coefficient (Wildman–Crippen LogP) is 4.09. The molecule has 0 spiro atoms. The number of ether oxygens (including phenoxy) is 1. The van der Waals surface area contributed by atoms with E-state index in [0.717, 1.165) is 44.2 Å². The van der Waals surface area contributed by atoms with Crippen LogP contribution in [-0.2, 0) is 13.1 Å². The number of carbonyl (C=O) groups excluding carboxylic acids is 1. The van der Waals surface area contributed by atoms with Crippen LogP contribution in [0, 0.1) is 5.82 Å². The smallest absolute Gasteiger partial charge is 0.251 e. The summed E-state index contributed by atoms with van der Waals surface area (Å²) < 4.78 is 19.2. The van der Waals surface area contributed by atoms with Gasteiger partial charge >= 0.3 is 0 Å². The molecule has 0 aromatic heterocycles. The lowest BCUT2D eigenvalue weighted by Gasteiger charge is -2.36. The maximum atomic E-state index is 13.7. The fourth-order valence-corrected chi connectivity index (χ4v) is 3.98. The van der Waals surface area contributed by atoms with E-state index in [1.165, 1.54) is 11.6 Å². The molecule has 0 bridgehead atoms. The fourth-order valence-electron chi connectivity index (χ4n) is 3.98. The Morgan fingerprint density at radius 3 is 2.34 bits per heavy atom. The number of anilines is 1. The summed E-state index contributed by atoms with van der Waals surface area (Å²) in [5.74, 6) is 0.393. The number of carbonyl (C=O) groups is 1. The van der Waals surface area contributed by atoms with E-state index in [4.69, 9.17) is 4.74 Å². The number of piperazine rings is 1. The molecule has 1 amide bonds. The molecule has 3 aromatic rings. The van der Waals surface area contributed by atoms with Gasteiger partial charge in [0, 0.05) is 50.4 Å². The van der Waals surface area contributed by atoms with Gasteiger partial charge in [-0.3, -0.25) is 9.69 Å². The highest BCUT2D eigenvalue weighted by molar-refractivity contribution is 5.94. The van der Waals surface area contributed by atoms with Crippen LogP contribution in [0.3, 0.4) is 0 Å². The van der Waals surface area contributed by atoms with Crippen molar-refractivity contribution in [1.82, 2.24) is 10.2 Å². The molecule has 0 unspecified atom stereocenters. The molecule has 0 saturated carbocycles. The fraction of sp³-hybridized carbons (Fsp3) is 0.269. The van der Waals surface area contributed by atoms with Crippen molar-refractivity contribution in [3.05, 3.63) is 95.3 Å². The van der Waals surface area contributed by atoms with Crippen LogP contribution in [0.5, 0.6) is 5.75 Å². The Balaban J connectivity index is 1.28. The molecule has 1 fully saturated rings. The van der Waals surface area contributed by atoms with Crippen molar-refractivity contribution in [3.63, 3.8) is 0 Å². The third-order valence-corrected chi connectivity index (χ3v) is 5.82. The first-order valence-electron chi connectivity index (χ1n) is 10.8. The Hall–Kier alpha value is -3.38. The number of para-hydroxylation sites is 2. The van der Waals surface area contributed by atoms with Crippen LogP contribution >= 0.6 is 0 Å². The second-order valence-corrected chi connectivity index (χ2v) is 7.91. The first kappa shape index (κ1) is 21.8. The lowest BCUT2D eigenvalue weighted by atomic mass is 10.1. The second-order valence-electron chi connectivity index (χ2n) is 7.91. The van der Waals surface area contributed by atoms with Crippen LogP contribution in [0.4, 0.5) is 10.1 Å². The Morgan fingerprint density at radius 1 is 0.938 bits per heavy atom. The van der Waals surface area contributed by atoms with E-state index in [2.05, 4.69) is 21.2 Å². The molecular formula is C26H28FN3O2. The van der Waals surface area contributed by atoms with Crippen molar-refractivity contribution >= 4 is 11.6 Å². The molecule has 0 radical (unpaired) electrons. The van der Waals surface area contributed by atoms with Crippen molar-refractivity contribution in [2.45, 2.75) is 13.1 Å². The number of methoxy groups -OCH3 is 1. The SMILES string of the molecule is COc1ccccc1N1CCN(Cc2ccc(C(=O)NCc3ccccc3F)cc2)CC1. The quantitative estimate of drug-likeness (QED) is 0.610. The van der Waals surface area contributed by atoms with Gasteiger partial charge in [-0.1, -0.05) is 42.5 Å².